The number of anilines is 1. The molecule has 3 aliphatic rings. The Bertz CT molecular complexity index is 1100. The van der Waals surface area contributed by atoms with Crippen molar-refractivity contribution in [2.75, 3.05) is 18.5 Å². The molecule has 1 amide bonds. The van der Waals surface area contributed by atoms with Gasteiger partial charge in [-0.15, -0.1) is 0 Å². The molecule has 31 heavy (non-hydrogen) atoms. The molecule has 0 bridgehead atoms. The van der Waals surface area contributed by atoms with Crippen molar-refractivity contribution < 1.29 is 14.7 Å². The molecule has 0 unspecified atom stereocenters. The van der Waals surface area contributed by atoms with E-state index < -0.39 is 12.5 Å². The van der Waals surface area contributed by atoms with Gasteiger partial charge in [0.05, 0.1) is 15.6 Å². The highest BCUT2D eigenvalue weighted by Gasteiger charge is 2.37. The standard InChI is InChI=1S/C23H24N2O3S3/c1-13-5-6-17-16(7-13)24(4)18(30-17)9-14-8-15(11-23(2,3)10-14)20-21(28)25(12-19(26)27)22(29)31-20/h5-9H,10-12H2,1-4H3,(H,26,27)/b18-9-,20-15+. The molecule has 0 spiro atoms. The monoisotopic (exact) mass is 472 g/mol. The lowest BCUT2D eigenvalue weighted by Crippen LogP contribution is -2.33. The molecule has 1 fully saturated rings. The van der Waals surface area contributed by atoms with E-state index in [4.69, 9.17) is 17.3 Å². The number of hydrogen-bond donors (Lipinski definition) is 1. The van der Waals surface area contributed by atoms with Gasteiger partial charge in [0.15, 0.2) is 0 Å². The van der Waals surface area contributed by atoms with Crippen LogP contribution in [0.1, 0.15) is 32.3 Å². The lowest BCUT2D eigenvalue weighted by atomic mass is 9.75. The van der Waals surface area contributed by atoms with Gasteiger partial charge in [0, 0.05) is 11.9 Å². The quantitative estimate of drug-likeness (QED) is 0.472. The first-order valence-electron chi connectivity index (χ1n) is 9.97. The second kappa shape index (κ2) is 8.15. The van der Waals surface area contributed by atoms with Gasteiger partial charge < -0.3 is 10.0 Å². The molecule has 8 heteroatoms. The molecule has 5 nitrogen and oxygen atoms in total. The number of carboxylic acid groups (broad SMARTS) is 1. The van der Waals surface area contributed by atoms with Gasteiger partial charge in [0.25, 0.3) is 5.91 Å². The highest BCUT2D eigenvalue weighted by atomic mass is 32.2. The summed E-state index contributed by atoms with van der Waals surface area (Å²) in [5, 5.41) is 10.3. The third-order valence-corrected chi connectivity index (χ3v) is 8.15. The minimum absolute atomic E-state index is 0.0164. The minimum atomic E-state index is -1.07. The predicted octanol–water partition coefficient (Wildman–Crippen LogP) is 5.32. The topological polar surface area (TPSA) is 60.9 Å². The maximum atomic E-state index is 12.9. The third kappa shape index (κ3) is 4.47. The molecular weight excluding hydrogens is 448 g/mol. The zero-order chi connectivity index (χ0) is 22.5. The van der Waals surface area contributed by atoms with Crippen LogP contribution in [-0.4, -0.2) is 39.8 Å². The van der Waals surface area contributed by atoms with Crippen molar-refractivity contribution in [3.63, 3.8) is 0 Å². The Labute approximate surface area is 196 Å². The number of nitrogens with zero attached hydrogens (tertiary/aromatic N) is 2. The van der Waals surface area contributed by atoms with Gasteiger partial charge in [-0.05, 0) is 60.1 Å². The first-order chi connectivity index (χ1) is 14.5. The predicted molar refractivity (Wildman–Crippen MR) is 131 cm³/mol. The molecule has 4 rings (SSSR count). The normalized spacial score (nSPS) is 24.1. The first-order valence-corrected chi connectivity index (χ1v) is 12.0. The Balaban J connectivity index is 1.69. The molecule has 2 aliphatic heterocycles. The maximum Gasteiger partial charge on any atom is 0.323 e. The van der Waals surface area contributed by atoms with Crippen LogP contribution in [0.2, 0.25) is 0 Å². The van der Waals surface area contributed by atoms with Gasteiger partial charge in [-0.3, -0.25) is 14.5 Å². The first kappa shape index (κ1) is 22.2. The van der Waals surface area contributed by atoms with E-state index in [1.54, 1.807) is 11.8 Å². The summed E-state index contributed by atoms with van der Waals surface area (Å²) in [5.41, 5.74) is 4.52. The SMILES string of the molecule is Cc1ccc2c(c1)N(C)/C(=C/C1=CC(=C3\SC(=S)N(CC(=O)O)C3=O)/CC(C)(C)C1)S2. The number of thioether (sulfide) groups is 2. The van der Waals surface area contributed by atoms with Crippen LogP contribution < -0.4 is 4.90 Å². The van der Waals surface area contributed by atoms with Crippen molar-refractivity contribution in [3.05, 3.63) is 57.0 Å². The van der Waals surface area contributed by atoms with Gasteiger partial charge in [0.2, 0.25) is 0 Å². The van der Waals surface area contributed by atoms with E-state index in [0.717, 1.165) is 29.0 Å². The van der Waals surface area contributed by atoms with Crippen molar-refractivity contribution in [2.24, 2.45) is 5.41 Å². The molecule has 1 aromatic rings. The summed E-state index contributed by atoms with van der Waals surface area (Å²) in [6, 6.07) is 6.48. The molecule has 2 heterocycles. The number of allylic oxidation sites excluding steroid dienone is 4. The maximum absolute atomic E-state index is 12.9. The van der Waals surface area contributed by atoms with Crippen LogP contribution in [0.25, 0.3) is 0 Å². The van der Waals surface area contributed by atoms with E-state index in [2.05, 4.69) is 63.1 Å². The number of amides is 1. The van der Waals surface area contributed by atoms with Crippen molar-refractivity contribution >= 4 is 57.6 Å². The molecule has 0 saturated carbocycles. The highest BCUT2D eigenvalue weighted by Crippen LogP contribution is 2.48. The second-order valence-electron chi connectivity index (χ2n) is 8.86. The van der Waals surface area contributed by atoms with Gasteiger partial charge in [-0.25, -0.2) is 0 Å². The Morgan fingerprint density at radius 3 is 2.74 bits per heavy atom. The fraction of sp³-hybridized carbons (Fsp3) is 0.348. The van der Waals surface area contributed by atoms with Crippen LogP contribution >= 0.6 is 35.7 Å². The number of aryl methyl sites for hydroxylation is 1. The fourth-order valence-corrected chi connectivity index (χ4v) is 6.52. The van der Waals surface area contributed by atoms with E-state index in [0.29, 0.717) is 9.23 Å². The van der Waals surface area contributed by atoms with E-state index in [9.17, 15) is 9.59 Å². The third-order valence-electron chi connectivity index (χ3n) is 5.48. The van der Waals surface area contributed by atoms with Gasteiger partial charge >= 0.3 is 5.97 Å². The number of fused-ring (bicyclic) bond motifs is 1. The molecule has 0 radical (unpaired) electrons. The number of carbonyl (C=O) groups excluding carboxylic acids is 1. The number of carboxylic acids is 1. The van der Waals surface area contributed by atoms with Crippen molar-refractivity contribution in [3.8, 4) is 0 Å². The summed E-state index contributed by atoms with van der Waals surface area (Å²) in [4.78, 5) is 29.2. The number of benzene rings is 1. The molecular formula is C23H24N2O3S3. The number of carbonyl (C=O) groups is 2. The summed E-state index contributed by atoms with van der Waals surface area (Å²) < 4.78 is 0.309. The van der Waals surface area contributed by atoms with Crippen molar-refractivity contribution in [1.82, 2.24) is 4.90 Å². The Morgan fingerprint density at radius 2 is 2.03 bits per heavy atom. The average molecular weight is 473 g/mol. The fourth-order valence-electron chi connectivity index (χ4n) is 4.12. The van der Waals surface area contributed by atoms with E-state index in [-0.39, 0.29) is 11.3 Å². The molecule has 1 N–H and O–H groups in total. The largest absolute Gasteiger partial charge is 0.480 e. The molecule has 0 aromatic heterocycles. The lowest BCUT2D eigenvalue weighted by molar-refractivity contribution is -0.140. The van der Waals surface area contributed by atoms with Crippen LogP contribution in [0.5, 0.6) is 0 Å². The lowest BCUT2D eigenvalue weighted by Gasteiger charge is -2.31. The number of aliphatic carboxylic acids is 1. The Kier molecular flexibility index (Phi) is 5.83. The molecule has 1 saturated heterocycles. The van der Waals surface area contributed by atoms with Crippen molar-refractivity contribution in [1.29, 1.82) is 0 Å². The number of hydrogen-bond acceptors (Lipinski definition) is 6. The smallest absolute Gasteiger partial charge is 0.323 e. The minimum Gasteiger partial charge on any atom is -0.480 e. The summed E-state index contributed by atoms with van der Waals surface area (Å²) in [7, 11) is 2.08. The summed E-state index contributed by atoms with van der Waals surface area (Å²) in [6.45, 7) is 6.09. The van der Waals surface area contributed by atoms with Gasteiger partial charge in [-0.1, -0.05) is 61.7 Å². The number of rotatable bonds is 3. The summed E-state index contributed by atoms with van der Waals surface area (Å²) in [5.74, 6) is -1.37. The van der Waals surface area contributed by atoms with Crippen LogP contribution in [-0.2, 0) is 9.59 Å². The van der Waals surface area contributed by atoms with E-state index in [1.807, 2.05) is 0 Å². The zero-order valence-electron chi connectivity index (χ0n) is 17.9. The Morgan fingerprint density at radius 1 is 1.29 bits per heavy atom. The summed E-state index contributed by atoms with van der Waals surface area (Å²) in [6.07, 6.45) is 5.95. The molecule has 1 aromatic carbocycles. The Hall–Kier alpha value is -2.03. The van der Waals surface area contributed by atoms with Crippen molar-refractivity contribution in [2.45, 2.75) is 38.5 Å². The van der Waals surface area contributed by atoms with Crippen LogP contribution in [0, 0.1) is 12.3 Å². The average Bonchev–Trinajstić information content (AvgIpc) is 3.11. The molecule has 1 aliphatic carbocycles. The highest BCUT2D eigenvalue weighted by molar-refractivity contribution is 8.26. The van der Waals surface area contributed by atoms with Gasteiger partial charge in [-0.2, -0.15) is 0 Å². The van der Waals surface area contributed by atoms with Crippen LogP contribution in [0.3, 0.4) is 0 Å². The molecule has 0 atom stereocenters. The number of thiocarbonyl (C=S) groups is 1. The zero-order valence-corrected chi connectivity index (χ0v) is 20.3. The second-order valence-corrected chi connectivity index (χ2v) is 11.6. The molecule has 162 valence electrons. The van der Waals surface area contributed by atoms with Crippen LogP contribution in [0.4, 0.5) is 5.69 Å². The van der Waals surface area contributed by atoms with Gasteiger partial charge in [0.1, 0.15) is 10.9 Å². The summed E-state index contributed by atoms with van der Waals surface area (Å²) >= 11 is 8.24. The van der Waals surface area contributed by atoms with E-state index in [1.165, 1.54) is 32.8 Å². The van der Waals surface area contributed by atoms with Crippen LogP contribution in [0.15, 0.2) is 56.3 Å². The van der Waals surface area contributed by atoms with E-state index >= 15 is 0 Å².